The first kappa shape index (κ1) is 15.8. The van der Waals surface area contributed by atoms with Crippen molar-refractivity contribution in [3.05, 3.63) is 35.9 Å². The maximum atomic E-state index is 11.7. The lowest BCUT2D eigenvalue weighted by atomic mass is 9.60. The second-order valence-corrected chi connectivity index (χ2v) is 7.03. The van der Waals surface area contributed by atoms with Crippen LogP contribution in [0.5, 0.6) is 0 Å². The monoisotopic (exact) mass is 291 g/mol. The highest BCUT2D eigenvalue weighted by Gasteiger charge is 2.44. The van der Waals surface area contributed by atoms with Gasteiger partial charge in [-0.15, -0.1) is 0 Å². The molecule has 2 N–H and O–H groups in total. The van der Waals surface area contributed by atoms with Gasteiger partial charge < -0.3 is 15.2 Å². The second-order valence-electron chi connectivity index (χ2n) is 7.03. The maximum Gasteiger partial charge on any atom is 0.407 e. The van der Waals surface area contributed by atoms with Crippen molar-refractivity contribution < 1.29 is 14.6 Å². The highest BCUT2D eigenvalue weighted by molar-refractivity contribution is 5.67. The van der Waals surface area contributed by atoms with Gasteiger partial charge in [-0.2, -0.15) is 0 Å². The summed E-state index contributed by atoms with van der Waals surface area (Å²) in [6.07, 6.45) is 1.37. The van der Waals surface area contributed by atoms with Crippen LogP contribution in [0.3, 0.4) is 0 Å². The lowest BCUT2D eigenvalue weighted by molar-refractivity contribution is 0.0153. The van der Waals surface area contributed by atoms with E-state index in [-0.39, 0.29) is 12.0 Å². The molecule has 21 heavy (non-hydrogen) atoms. The molecule has 0 spiro atoms. The quantitative estimate of drug-likeness (QED) is 0.896. The van der Waals surface area contributed by atoms with Crippen molar-refractivity contribution in [2.24, 2.45) is 5.41 Å². The number of nitrogens with one attached hydrogen (secondary N) is 1. The smallest absolute Gasteiger partial charge is 0.407 e. The predicted octanol–water partition coefficient (Wildman–Crippen LogP) is 3.07. The van der Waals surface area contributed by atoms with E-state index in [0.29, 0.717) is 12.5 Å². The van der Waals surface area contributed by atoms with E-state index >= 15 is 0 Å². The molecule has 0 heterocycles. The number of carbonyl (C=O) groups is 1. The SMILES string of the molecule is CC(C)(C)OC(=O)NCC1(CO)CC(c2ccccc2)C1. The number of aliphatic hydroxyl groups excluding tert-OH is 1. The minimum Gasteiger partial charge on any atom is -0.444 e. The Morgan fingerprint density at radius 3 is 2.48 bits per heavy atom. The molecule has 0 bridgehead atoms. The van der Waals surface area contributed by atoms with Crippen LogP contribution in [0.15, 0.2) is 30.3 Å². The molecule has 2 rings (SSSR count). The van der Waals surface area contributed by atoms with E-state index in [1.54, 1.807) is 0 Å². The summed E-state index contributed by atoms with van der Waals surface area (Å²) in [4.78, 5) is 11.7. The topological polar surface area (TPSA) is 58.6 Å². The van der Waals surface area contributed by atoms with Gasteiger partial charge in [0.25, 0.3) is 0 Å². The van der Waals surface area contributed by atoms with Crippen molar-refractivity contribution >= 4 is 6.09 Å². The highest BCUT2D eigenvalue weighted by atomic mass is 16.6. The van der Waals surface area contributed by atoms with E-state index in [2.05, 4.69) is 17.4 Å². The molecule has 0 radical (unpaired) electrons. The third kappa shape index (κ3) is 4.21. The minimum absolute atomic E-state index is 0.0894. The van der Waals surface area contributed by atoms with E-state index < -0.39 is 11.7 Å². The van der Waals surface area contributed by atoms with Gasteiger partial charge in [-0.3, -0.25) is 0 Å². The van der Waals surface area contributed by atoms with E-state index in [9.17, 15) is 9.90 Å². The predicted molar refractivity (Wildman–Crippen MR) is 82.2 cm³/mol. The second kappa shape index (κ2) is 6.06. The number of benzene rings is 1. The van der Waals surface area contributed by atoms with Crippen molar-refractivity contribution in [2.45, 2.75) is 45.1 Å². The zero-order valence-electron chi connectivity index (χ0n) is 13.1. The van der Waals surface area contributed by atoms with Gasteiger partial charge in [0, 0.05) is 12.0 Å². The van der Waals surface area contributed by atoms with Crippen molar-refractivity contribution in [1.82, 2.24) is 5.32 Å². The molecule has 1 aromatic rings. The number of carbonyl (C=O) groups excluding carboxylic acids is 1. The molecule has 1 fully saturated rings. The fourth-order valence-corrected chi connectivity index (χ4v) is 2.85. The van der Waals surface area contributed by atoms with Gasteiger partial charge in [0.1, 0.15) is 5.60 Å². The van der Waals surface area contributed by atoms with Crippen LogP contribution < -0.4 is 5.32 Å². The number of hydrogen-bond acceptors (Lipinski definition) is 3. The normalized spacial score (nSPS) is 25.0. The van der Waals surface area contributed by atoms with Crippen molar-refractivity contribution in [3.63, 3.8) is 0 Å². The first-order valence-electron chi connectivity index (χ1n) is 7.46. The van der Waals surface area contributed by atoms with E-state index in [4.69, 9.17) is 4.74 Å². The van der Waals surface area contributed by atoms with Gasteiger partial charge >= 0.3 is 6.09 Å². The van der Waals surface area contributed by atoms with E-state index in [1.807, 2.05) is 39.0 Å². The molecule has 1 amide bonds. The molecule has 0 atom stereocenters. The van der Waals surface area contributed by atoms with Crippen LogP contribution >= 0.6 is 0 Å². The van der Waals surface area contributed by atoms with Crippen LogP contribution in [0.4, 0.5) is 4.79 Å². The lowest BCUT2D eigenvalue weighted by Gasteiger charge is -2.47. The zero-order valence-corrected chi connectivity index (χ0v) is 13.1. The van der Waals surface area contributed by atoms with Crippen LogP contribution in [0.1, 0.15) is 45.1 Å². The molecule has 0 unspecified atom stereocenters. The summed E-state index contributed by atoms with van der Waals surface area (Å²) >= 11 is 0. The van der Waals surface area contributed by atoms with Gasteiger partial charge in [-0.25, -0.2) is 4.79 Å². The van der Waals surface area contributed by atoms with Crippen molar-refractivity contribution in [1.29, 1.82) is 0 Å². The molecular formula is C17H25NO3. The molecule has 1 aliphatic rings. The number of amides is 1. The van der Waals surface area contributed by atoms with Crippen molar-refractivity contribution in [2.75, 3.05) is 13.2 Å². The number of alkyl carbamates (subject to hydrolysis) is 1. The Balaban J connectivity index is 1.84. The number of hydrogen-bond donors (Lipinski definition) is 2. The Morgan fingerprint density at radius 1 is 1.33 bits per heavy atom. The standard InChI is InChI=1S/C17H25NO3/c1-16(2,3)21-15(20)18-11-17(12-19)9-14(10-17)13-7-5-4-6-8-13/h4-8,14,19H,9-12H2,1-3H3,(H,18,20). The fraction of sp³-hybridized carbons (Fsp3) is 0.588. The molecule has 0 saturated heterocycles. The largest absolute Gasteiger partial charge is 0.444 e. The Morgan fingerprint density at radius 2 is 1.95 bits per heavy atom. The number of aliphatic hydroxyl groups is 1. The maximum absolute atomic E-state index is 11.7. The van der Waals surface area contributed by atoms with Gasteiger partial charge in [0.2, 0.25) is 0 Å². The summed E-state index contributed by atoms with van der Waals surface area (Å²) in [5.74, 6) is 0.471. The molecule has 1 aliphatic carbocycles. The minimum atomic E-state index is -0.497. The first-order chi connectivity index (χ1) is 9.84. The van der Waals surface area contributed by atoms with Crippen LogP contribution in [0, 0.1) is 5.41 Å². The van der Waals surface area contributed by atoms with Crippen LogP contribution in [-0.2, 0) is 4.74 Å². The average Bonchev–Trinajstić information content (AvgIpc) is 2.37. The highest BCUT2D eigenvalue weighted by Crippen LogP contribution is 2.50. The molecule has 1 saturated carbocycles. The summed E-state index contributed by atoms with van der Waals surface area (Å²) in [6, 6.07) is 10.3. The van der Waals surface area contributed by atoms with E-state index in [1.165, 1.54) is 5.56 Å². The summed E-state index contributed by atoms with van der Waals surface area (Å²) in [5, 5.41) is 12.4. The molecule has 0 aliphatic heterocycles. The lowest BCUT2D eigenvalue weighted by Crippen LogP contribution is -2.48. The third-order valence-electron chi connectivity index (χ3n) is 3.97. The van der Waals surface area contributed by atoms with Crippen LogP contribution in [0.25, 0.3) is 0 Å². The Bertz CT molecular complexity index is 473. The van der Waals surface area contributed by atoms with Crippen LogP contribution in [-0.4, -0.2) is 30.0 Å². The van der Waals surface area contributed by atoms with E-state index in [0.717, 1.165) is 12.8 Å². The first-order valence-corrected chi connectivity index (χ1v) is 7.46. The summed E-state index contributed by atoms with van der Waals surface area (Å²) in [5.41, 5.74) is 0.596. The molecule has 4 nitrogen and oxygen atoms in total. The van der Waals surface area contributed by atoms with Gasteiger partial charge in [-0.05, 0) is 45.1 Å². The molecule has 1 aromatic carbocycles. The molecule has 4 heteroatoms. The molecule has 116 valence electrons. The van der Waals surface area contributed by atoms with Gasteiger partial charge in [0.15, 0.2) is 0 Å². The third-order valence-corrected chi connectivity index (χ3v) is 3.97. The average molecular weight is 291 g/mol. The number of rotatable bonds is 4. The summed E-state index contributed by atoms with van der Waals surface area (Å²) < 4.78 is 5.23. The summed E-state index contributed by atoms with van der Waals surface area (Å²) in [7, 11) is 0. The fourth-order valence-electron chi connectivity index (χ4n) is 2.85. The van der Waals surface area contributed by atoms with Crippen molar-refractivity contribution in [3.8, 4) is 0 Å². The Kier molecular flexibility index (Phi) is 4.57. The zero-order chi connectivity index (χ0) is 15.5. The Labute approximate surface area is 126 Å². The number of ether oxygens (including phenoxy) is 1. The van der Waals surface area contributed by atoms with Gasteiger partial charge in [-0.1, -0.05) is 30.3 Å². The Hall–Kier alpha value is -1.55. The molecular weight excluding hydrogens is 266 g/mol. The molecule has 0 aromatic heterocycles. The van der Waals surface area contributed by atoms with Crippen LogP contribution in [0.2, 0.25) is 0 Å². The summed E-state index contributed by atoms with van der Waals surface area (Å²) in [6.45, 7) is 6.06. The van der Waals surface area contributed by atoms with Gasteiger partial charge in [0.05, 0.1) is 6.61 Å².